The fourth-order valence-electron chi connectivity index (χ4n) is 2.11. The van der Waals surface area contributed by atoms with Gasteiger partial charge in [0.1, 0.15) is 5.75 Å². The second kappa shape index (κ2) is 8.58. The van der Waals surface area contributed by atoms with Gasteiger partial charge in [-0.1, -0.05) is 36.4 Å². The van der Waals surface area contributed by atoms with Gasteiger partial charge in [-0.2, -0.15) is 0 Å². The largest absolute Gasteiger partial charge is 0.497 e. The summed E-state index contributed by atoms with van der Waals surface area (Å²) in [6.45, 7) is 0.458. The third-order valence-electron chi connectivity index (χ3n) is 3.30. The van der Waals surface area contributed by atoms with Crippen molar-refractivity contribution in [2.45, 2.75) is 12.8 Å². The Kier molecular flexibility index (Phi) is 6.17. The minimum atomic E-state index is -0.682. The molecule has 0 bridgehead atoms. The van der Waals surface area contributed by atoms with Crippen molar-refractivity contribution in [2.75, 3.05) is 19.0 Å². The Morgan fingerprint density at radius 1 is 1.00 bits per heavy atom. The highest BCUT2D eigenvalue weighted by atomic mass is 16.5. The van der Waals surface area contributed by atoms with E-state index in [1.165, 1.54) is 5.56 Å². The Morgan fingerprint density at radius 2 is 1.78 bits per heavy atom. The van der Waals surface area contributed by atoms with Crippen LogP contribution < -0.4 is 15.4 Å². The molecule has 0 spiro atoms. The van der Waals surface area contributed by atoms with Gasteiger partial charge in [-0.15, -0.1) is 0 Å². The van der Waals surface area contributed by atoms with Gasteiger partial charge in [-0.25, -0.2) is 0 Å². The number of methoxy groups -OCH3 is 1. The monoisotopic (exact) mass is 312 g/mol. The van der Waals surface area contributed by atoms with Crippen molar-refractivity contribution in [3.05, 3.63) is 60.2 Å². The van der Waals surface area contributed by atoms with E-state index in [2.05, 4.69) is 10.6 Å². The van der Waals surface area contributed by atoms with E-state index in [0.29, 0.717) is 18.0 Å². The summed E-state index contributed by atoms with van der Waals surface area (Å²) in [6, 6.07) is 16.9. The van der Waals surface area contributed by atoms with Gasteiger partial charge in [0.25, 0.3) is 0 Å². The second-order valence-electron chi connectivity index (χ2n) is 5.03. The molecule has 2 rings (SSSR count). The first-order valence-electron chi connectivity index (χ1n) is 7.46. The summed E-state index contributed by atoms with van der Waals surface area (Å²) in [6.07, 6.45) is 1.64. The molecule has 0 fully saturated rings. The summed E-state index contributed by atoms with van der Waals surface area (Å²) in [4.78, 5) is 23.6. The first-order valence-corrected chi connectivity index (χ1v) is 7.46. The van der Waals surface area contributed by atoms with Crippen molar-refractivity contribution in [1.82, 2.24) is 5.32 Å². The van der Waals surface area contributed by atoms with Gasteiger partial charge in [0.15, 0.2) is 0 Å². The summed E-state index contributed by atoms with van der Waals surface area (Å²) >= 11 is 0. The Bertz CT molecular complexity index is 656. The molecule has 0 radical (unpaired) electrons. The number of hydrogen-bond acceptors (Lipinski definition) is 3. The van der Waals surface area contributed by atoms with Crippen LogP contribution in [0.2, 0.25) is 0 Å². The maximum Gasteiger partial charge on any atom is 0.313 e. The molecule has 0 unspecified atom stereocenters. The predicted molar refractivity (Wildman–Crippen MR) is 89.4 cm³/mol. The molecule has 0 aliphatic carbocycles. The van der Waals surface area contributed by atoms with Crippen molar-refractivity contribution >= 4 is 17.5 Å². The number of carbonyl (C=O) groups excluding carboxylic acids is 2. The van der Waals surface area contributed by atoms with E-state index in [-0.39, 0.29) is 0 Å². The summed E-state index contributed by atoms with van der Waals surface area (Å²) in [7, 11) is 1.54. The van der Waals surface area contributed by atoms with Crippen molar-refractivity contribution in [2.24, 2.45) is 0 Å². The standard InChI is InChI=1S/C18H20N2O3/c1-23-16-11-5-10-15(13-16)20-18(22)17(21)19-12-6-9-14-7-3-2-4-8-14/h2-5,7-8,10-11,13H,6,9,12H2,1H3,(H,19,21)(H,20,22). The van der Waals surface area contributed by atoms with Crippen molar-refractivity contribution in [1.29, 1.82) is 0 Å². The number of nitrogens with one attached hydrogen (secondary N) is 2. The van der Waals surface area contributed by atoms with Crippen molar-refractivity contribution in [3.63, 3.8) is 0 Å². The van der Waals surface area contributed by atoms with Gasteiger partial charge in [-0.3, -0.25) is 9.59 Å². The molecule has 0 aliphatic rings. The van der Waals surface area contributed by atoms with E-state index in [1.807, 2.05) is 30.3 Å². The zero-order valence-electron chi connectivity index (χ0n) is 13.0. The Morgan fingerprint density at radius 3 is 2.52 bits per heavy atom. The average Bonchev–Trinajstić information content (AvgIpc) is 2.59. The minimum absolute atomic E-state index is 0.458. The molecule has 2 aromatic carbocycles. The third kappa shape index (κ3) is 5.47. The minimum Gasteiger partial charge on any atom is -0.497 e. The molecule has 23 heavy (non-hydrogen) atoms. The highest BCUT2D eigenvalue weighted by Crippen LogP contribution is 2.16. The zero-order chi connectivity index (χ0) is 16.5. The van der Waals surface area contributed by atoms with Crippen LogP contribution in [0, 0.1) is 0 Å². The van der Waals surface area contributed by atoms with Crippen LogP contribution >= 0.6 is 0 Å². The van der Waals surface area contributed by atoms with E-state index < -0.39 is 11.8 Å². The fourth-order valence-corrected chi connectivity index (χ4v) is 2.11. The normalized spacial score (nSPS) is 9.96. The second-order valence-corrected chi connectivity index (χ2v) is 5.03. The van der Waals surface area contributed by atoms with Crippen LogP contribution in [0.15, 0.2) is 54.6 Å². The topological polar surface area (TPSA) is 67.4 Å². The lowest BCUT2D eigenvalue weighted by Crippen LogP contribution is -2.36. The molecule has 0 aromatic heterocycles. The maximum atomic E-state index is 11.8. The highest BCUT2D eigenvalue weighted by Gasteiger charge is 2.13. The fraction of sp³-hybridized carbons (Fsp3) is 0.222. The van der Waals surface area contributed by atoms with Gasteiger partial charge in [0.05, 0.1) is 7.11 Å². The van der Waals surface area contributed by atoms with Gasteiger partial charge >= 0.3 is 11.8 Å². The maximum absolute atomic E-state index is 11.8. The van der Waals surface area contributed by atoms with Gasteiger partial charge in [0.2, 0.25) is 0 Å². The summed E-state index contributed by atoms with van der Waals surface area (Å²) in [5.74, 6) is -0.704. The molecule has 0 aliphatic heterocycles. The number of ether oxygens (including phenoxy) is 1. The Hall–Kier alpha value is -2.82. The lowest BCUT2D eigenvalue weighted by molar-refractivity contribution is -0.136. The van der Waals surface area contributed by atoms with Gasteiger partial charge in [-0.05, 0) is 30.5 Å². The number of hydrogen-bond donors (Lipinski definition) is 2. The lowest BCUT2D eigenvalue weighted by atomic mass is 10.1. The molecule has 120 valence electrons. The van der Waals surface area contributed by atoms with Crippen LogP contribution in [0.1, 0.15) is 12.0 Å². The average molecular weight is 312 g/mol. The zero-order valence-corrected chi connectivity index (χ0v) is 13.0. The van der Waals surface area contributed by atoms with E-state index >= 15 is 0 Å². The molecule has 2 aromatic rings. The molecule has 5 heteroatoms. The van der Waals surface area contributed by atoms with E-state index in [4.69, 9.17) is 4.74 Å². The molecule has 2 N–H and O–H groups in total. The number of rotatable bonds is 6. The first-order chi connectivity index (χ1) is 11.2. The molecular weight excluding hydrogens is 292 g/mol. The molecule has 2 amide bonds. The van der Waals surface area contributed by atoms with Crippen LogP contribution in [0.25, 0.3) is 0 Å². The lowest BCUT2D eigenvalue weighted by Gasteiger charge is -2.08. The number of anilines is 1. The van der Waals surface area contributed by atoms with E-state index in [0.717, 1.165) is 12.8 Å². The smallest absolute Gasteiger partial charge is 0.313 e. The molecule has 0 saturated carbocycles. The Balaban J connectivity index is 1.73. The van der Waals surface area contributed by atoms with Crippen LogP contribution in [-0.2, 0) is 16.0 Å². The summed E-state index contributed by atoms with van der Waals surface area (Å²) in [5.41, 5.74) is 1.73. The van der Waals surface area contributed by atoms with Crippen molar-refractivity contribution < 1.29 is 14.3 Å². The van der Waals surface area contributed by atoms with Crippen molar-refractivity contribution in [3.8, 4) is 5.75 Å². The Labute approximate surface area is 135 Å². The third-order valence-corrected chi connectivity index (χ3v) is 3.30. The van der Waals surface area contributed by atoms with E-state index in [9.17, 15) is 9.59 Å². The van der Waals surface area contributed by atoms with Crippen LogP contribution in [-0.4, -0.2) is 25.5 Å². The quantitative estimate of drug-likeness (QED) is 0.636. The van der Waals surface area contributed by atoms with Gasteiger partial charge < -0.3 is 15.4 Å². The van der Waals surface area contributed by atoms with Crippen LogP contribution in [0.3, 0.4) is 0 Å². The summed E-state index contributed by atoms with van der Waals surface area (Å²) in [5, 5.41) is 5.16. The number of benzene rings is 2. The molecule has 0 heterocycles. The van der Waals surface area contributed by atoms with E-state index in [1.54, 1.807) is 31.4 Å². The summed E-state index contributed by atoms with van der Waals surface area (Å²) < 4.78 is 5.07. The highest BCUT2D eigenvalue weighted by molar-refractivity contribution is 6.39. The van der Waals surface area contributed by atoms with Crippen LogP contribution in [0.5, 0.6) is 5.75 Å². The molecule has 5 nitrogen and oxygen atoms in total. The number of aryl methyl sites for hydroxylation is 1. The number of carbonyl (C=O) groups is 2. The molecular formula is C18H20N2O3. The predicted octanol–water partition coefficient (Wildman–Crippen LogP) is 2.38. The SMILES string of the molecule is COc1cccc(NC(=O)C(=O)NCCCc2ccccc2)c1. The first kappa shape index (κ1) is 16.5. The molecule has 0 saturated heterocycles. The number of amides is 2. The molecule has 0 atom stereocenters. The van der Waals surface area contributed by atoms with Crippen LogP contribution in [0.4, 0.5) is 5.69 Å². The van der Waals surface area contributed by atoms with Gasteiger partial charge in [0, 0.05) is 18.3 Å².